The van der Waals surface area contributed by atoms with Gasteiger partial charge in [0, 0.05) is 32.2 Å². The quantitative estimate of drug-likeness (QED) is 0.232. The van der Waals surface area contributed by atoms with Crippen LogP contribution in [0, 0.1) is 0 Å². The zero-order valence-corrected chi connectivity index (χ0v) is 22.4. The van der Waals surface area contributed by atoms with Crippen molar-refractivity contribution in [3.05, 3.63) is 104 Å². The summed E-state index contributed by atoms with van der Waals surface area (Å²) in [4.78, 5) is 25.0. The topological polar surface area (TPSA) is 73.2 Å². The summed E-state index contributed by atoms with van der Waals surface area (Å²) in [6.07, 6.45) is 0.584. The predicted octanol–water partition coefficient (Wildman–Crippen LogP) is 6.76. The summed E-state index contributed by atoms with van der Waals surface area (Å²) < 4.78 is 7.74. The molecule has 0 radical (unpaired) electrons. The summed E-state index contributed by atoms with van der Waals surface area (Å²) in [5.74, 6) is -0.696. The summed E-state index contributed by atoms with van der Waals surface area (Å²) in [7, 11) is 0. The number of rotatable bonds is 8. The molecule has 0 unspecified atom stereocenters. The van der Waals surface area contributed by atoms with Crippen molar-refractivity contribution in [2.75, 3.05) is 13.2 Å². The average molecular weight is 587 g/mol. The Morgan fingerprint density at radius 2 is 1.72 bits per heavy atom. The number of nitrogens with one attached hydrogen (secondary N) is 1. The van der Waals surface area contributed by atoms with E-state index in [2.05, 4.69) is 26.3 Å². The average Bonchev–Trinajstić information content (AvgIpc) is 3.32. The highest BCUT2D eigenvalue weighted by Crippen LogP contribution is 2.26. The van der Waals surface area contributed by atoms with Crippen molar-refractivity contribution >= 4 is 51.0 Å². The van der Waals surface area contributed by atoms with E-state index >= 15 is 0 Å². The number of amides is 1. The zero-order valence-electron chi connectivity index (χ0n) is 19.3. The summed E-state index contributed by atoms with van der Waals surface area (Å²) in [6, 6.07) is 21.7. The maximum atomic E-state index is 12.7. The van der Waals surface area contributed by atoms with Gasteiger partial charge in [0.15, 0.2) is 5.69 Å². The smallest absolute Gasteiger partial charge is 0.358 e. The lowest BCUT2D eigenvalue weighted by Gasteiger charge is -2.10. The zero-order chi connectivity index (χ0) is 25.7. The third kappa shape index (κ3) is 6.16. The Bertz CT molecular complexity index is 1390. The highest BCUT2D eigenvalue weighted by atomic mass is 79.9. The number of hydrogen-bond donors (Lipinski definition) is 1. The maximum absolute atomic E-state index is 12.7. The molecule has 3 aromatic carbocycles. The predicted molar refractivity (Wildman–Crippen MR) is 145 cm³/mol. The van der Waals surface area contributed by atoms with Gasteiger partial charge in [0.1, 0.15) is 0 Å². The molecule has 9 heteroatoms. The van der Waals surface area contributed by atoms with Gasteiger partial charge in [0.05, 0.1) is 18.0 Å². The van der Waals surface area contributed by atoms with Crippen molar-refractivity contribution in [1.82, 2.24) is 15.1 Å². The highest BCUT2D eigenvalue weighted by Gasteiger charge is 2.18. The molecule has 0 atom stereocenters. The van der Waals surface area contributed by atoms with Crippen molar-refractivity contribution in [3.63, 3.8) is 0 Å². The molecular formula is C27H22BrCl2N3O3. The highest BCUT2D eigenvalue weighted by molar-refractivity contribution is 9.10. The van der Waals surface area contributed by atoms with Gasteiger partial charge >= 0.3 is 5.97 Å². The number of ether oxygens (including phenoxy) is 1. The fourth-order valence-electron chi connectivity index (χ4n) is 3.60. The number of carbonyl (C=O) groups is 2. The molecule has 0 aliphatic rings. The normalized spacial score (nSPS) is 10.8. The van der Waals surface area contributed by atoms with E-state index < -0.39 is 5.97 Å². The number of hydrogen-bond acceptors (Lipinski definition) is 4. The van der Waals surface area contributed by atoms with Crippen LogP contribution in [0.2, 0.25) is 10.0 Å². The molecule has 0 aliphatic heterocycles. The number of carbonyl (C=O) groups excluding carboxylic acids is 2. The molecule has 184 valence electrons. The lowest BCUT2D eigenvalue weighted by Crippen LogP contribution is -2.25. The fourth-order valence-corrected chi connectivity index (χ4v) is 4.37. The number of benzene rings is 3. The summed E-state index contributed by atoms with van der Waals surface area (Å²) in [5.41, 5.74) is 3.93. The standard InChI is InChI=1S/C27H22BrCl2N3O3/c1-2-36-27(35)24-16-25(18-3-8-20(28)9-4-18)33(32-24)22-11-6-19(7-12-22)26(34)31-14-13-17-5-10-21(29)15-23(17)30/h3-12,15-16H,2,13-14H2,1H3,(H,31,34). The van der Waals surface area contributed by atoms with Crippen LogP contribution in [0.5, 0.6) is 0 Å². The minimum atomic E-state index is -0.494. The molecule has 0 spiro atoms. The monoisotopic (exact) mass is 585 g/mol. The Balaban J connectivity index is 1.52. The van der Waals surface area contributed by atoms with Crippen molar-refractivity contribution in [2.45, 2.75) is 13.3 Å². The first-order chi connectivity index (χ1) is 17.4. The number of aromatic nitrogens is 2. The molecule has 36 heavy (non-hydrogen) atoms. The molecule has 0 saturated heterocycles. The summed E-state index contributed by atoms with van der Waals surface area (Å²) in [6.45, 7) is 2.43. The lowest BCUT2D eigenvalue weighted by atomic mass is 10.1. The first kappa shape index (κ1) is 25.9. The largest absolute Gasteiger partial charge is 0.461 e. The van der Waals surface area contributed by atoms with Crippen molar-refractivity contribution < 1.29 is 14.3 Å². The molecule has 0 saturated carbocycles. The molecule has 0 bridgehead atoms. The SMILES string of the molecule is CCOC(=O)c1cc(-c2ccc(Br)cc2)n(-c2ccc(C(=O)NCCc3ccc(Cl)cc3Cl)cc2)n1. The van der Waals surface area contributed by atoms with E-state index in [4.69, 9.17) is 27.9 Å². The minimum absolute atomic E-state index is 0.201. The number of esters is 1. The van der Waals surface area contributed by atoms with Crippen LogP contribution in [0.3, 0.4) is 0 Å². The lowest BCUT2D eigenvalue weighted by molar-refractivity contribution is 0.0518. The maximum Gasteiger partial charge on any atom is 0.358 e. The van der Waals surface area contributed by atoms with Crippen molar-refractivity contribution in [2.24, 2.45) is 0 Å². The summed E-state index contributed by atoms with van der Waals surface area (Å²) in [5, 5.41) is 8.53. The van der Waals surface area contributed by atoms with Gasteiger partial charge in [-0.15, -0.1) is 0 Å². The third-order valence-corrected chi connectivity index (χ3v) is 6.52. The van der Waals surface area contributed by atoms with Crippen LogP contribution in [0.4, 0.5) is 0 Å². The molecule has 4 rings (SSSR count). The molecule has 4 aromatic rings. The van der Waals surface area contributed by atoms with Gasteiger partial charge in [-0.3, -0.25) is 4.79 Å². The van der Waals surface area contributed by atoms with Crippen LogP contribution >= 0.6 is 39.1 Å². The van der Waals surface area contributed by atoms with Gasteiger partial charge in [-0.05, 0) is 73.5 Å². The first-order valence-corrected chi connectivity index (χ1v) is 12.8. The Morgan fingerprint density at radius 1 is 1.00 bits per heavy atom. The van der Waals surface area contributed by atoms with Crippen LogP contribution < -0.4 is 5.32 Å². The van der Waals surface area contributed by atoms with Crippen molar-refractivity contribution in [1.29, 1.82) is 0 Å². The van der Waals surface area contributed by atoms with E-state index in [1.807, 2.05) is 30.3 Å². The second-order valence-electron chi connectivity index (χ2n) is 7.84. The Kier molecular flexibility index (Phi) is 8.46. The van der Waals surface area contributed by atoms with Crippen molar-refractivity contribution in [3.8, 4) is 16.9 Å². The van der Waals surface area contributed by atoms with Gasteiger partial charge in [0.2, 0.25) is 0 Å². The third-order valence-electron chi connectivity index (χ3n) is 5.40. The Morgan fingerprint density at radius 3 is 2.39 bits per heavy atom. The summed E-state index contributed by atoms with van der Waals surface area (Å²) >= 11 is 15.6. The number of halogens is 3. The van der Waals surface area contributed by atoms with Crippen LogP contribution in [0.25, 0.3) is 16.9 Å². The first-order valence-electron chi connectivity index (χ1n) is 11.2. The van der Waals surface area contributed by atoms with Gasteiger partial charge in [-0.2, -0.15) is 5.10 Å². The van der Waals surface area contributed by atoms with E-state index in [1.165, 1.54) is 0 Å². The molecule has 1 N–H and O–H groups in total. The molecule has 1 heterocycles. The van der Waals surface area contributed by atoms with E-state index in [-0.39, 0.29) is 18.2 Å². The molecular weight excluding hydrogens is 565 g/mol. The van der Waals surface area contributed by atoms with E-state index in [9.17, 15) is 9.59 Å². The molecule has 1 amide bonds. The van der Waals surface area contributed by atoms with Crippen LogP contribution in [0.1, 0.15) is 33.3 Å². The molecule has 0 aliphatic carbocycles. The fraction of sp³-hybridized carbons (Fsp3) is 0.148. The van der Waals surface area contributed by atoms with Gasteiger partial charge < -0.3 is 10.1 Å². The molecule has 1 aromatic heterocycles. The van der Waals surface area contributed by atoms with Gasteiger partial charge in [0.25, 0.3) is 5.91 Å². The van der Waals surface area contributed by atoms with Gasteiger partial charge in [-0.25, -0.2) is 9.48 Å². The van der Waals surface area contributed by atoms with E-state index in [0.717, 1.165) is 21.3 Å². The second kappa shape index (κ2) is 11.7. The van der Waals surface area contributed by atoms with Crippen LogP contribution in [-0.4, -0.2) is 34.8 Å². The van der Waals surface area contributed by atoms with E-state index in [1.54, 1.807) is 54.1 Å². The van der Waals surface area contributed by atoms with Gasteiger partial charge in [-0.1, -0.05) is 57.3 Å². The molecule has 6 nitrogen and oxygen atoms in total. The second-order valence-corrected chi connectivity index (χ2v) is 9.60. The Hall–Kier alpha value is -3.13. The van der Waals surface area contributed by atoms with Crippen LogP contribution in [0.15, 0.2) is 77.3 Å². The van der Waals surface area contributed by atoms with Crippen LogP contribution in [-0.2, 0) is 11.2 Å². The van der Waals surface area contributed by atoms with E-state index in [0.29, 0.717) is 34.3 Å². The number of nitrogens with zero attached hydrogens (tertiary/aromatic N) is 2. The molecule has 0 fully saturated rings. The minimum Gasteiger partial charge on any atom is -0.461 e. The Labute approximate surface area is 227 Å².